The molecule has 1 N–H and O–H groups in total. The van der Waals surface area contributed by atoms with Crippen molar-refractivity contribution in [2.24, 2.45) is 13.0 Å². The normalized spacial score (nSPS) is 16.6. The summed E-state index contributed by atoms with van der Waals surface area (Å²) in [7, 11) is 4.89. The van der Waals surface area contributed by atoms with Gasteiger partial charge < -0.3 is 19.7 Å². The van der Waals surface area contributed by atoms with Gasteiger partial charge in [0.2, 0.25) is 5.91 Å². The van der Waals surface area contributed by atoms with E-state index in [2.05, 4.69) is 15.3 Å². The topological polar surface area (TPSA) is 107 Å². The predicted molar refractivity (Wildman–Crippen MR) is 127 cm³/mol. The van der Waals surface area contributed by atoms with Gasteiger partial charge in [0.1, 0.15) is 29.9 Å². The molecule has 1 saturated carbocycles. The number of pyridine rings is 1. The summed E-state index contributed by atoms with van der Waals surface area (Å²) in [6.45, 7) is 1.72. The van der Waals surface area contributed by atoms with Crippen molar-refractivity contribution < 1.29 is 18.4 Å². The molecule has 2 heterocycles. The second kappa shape index (κ2) is 9.29. The van der Waals surface area contributed by atoms with Crippen molar-refractivity contribution in [1.29, 1.82) is 5.26 Å². The number of rotatable bonds is 7. The SMILES string of the molecule is CCc1cc(C(=O)N(C)CC#N)cc(F)c1N(C)c1cc2c(ncn2C)c(NC(=O)[C@H]2C[C@H]2F)n1. The van der Waals surface area contributed by atoms with Crippen molar-refractivity contribution in [3.63, 3.8) is 0 Å². The van der Waals surface area contributed by atoms with Crippen LogP contribution in [0, 0.1) is 23.1 Å². The number of benzene rings is 1. The standard InChI is InChI=1S/C24H25F2N7O2/c1-5-13-8-14(24(35)31(2)7-6-27)9-17(26)21(13)33(4)19-11-18-20(28-12-32(18)3)22(29-19)30-23(34)15-10-16(15)25/h8-9,11-12,15-16H,5,7,10H2,1-4H3,(H,29,30,34)/t15-,16+/m0/s1. The zero-order valence-electron chi connectivity index (χ0n) is 19.8. The molecule has 0 aliphatic heterocycles. The average Bonchev–Trinajstić information content (AvgIpc) is 3.46. The Kier molecular flexibility index (Phi) is 6.39. The minimum atomic E-state index is -1.16. The second-order valence-electron chi connectivity index (χ2n) is 8.60. The van der Waals surface area contributed by atoms with Crippen LogP contribution in [0.4, 0.5) is 26.1 Å². The molecule has 2 atom stereocenters. The first-order chi connectivity index (χ1) is 16.7. The molecule has 1 aromatic carbocycles. The van der Waals surface area contributed by atoms with Crippen LogP contribution in [-0.2, 0) is 18.3 Å². The third-order valence-electron chi connectivity index (χ3n) is 6.09. The van der Waals surface area contributed by atoms with Gasteiger partial charge in [0, 0.05) is 32.8 Å². The molecule has 0 radical (unpaired) electrons. The number of hydrogen-bond acceptors (Lipinski definition) is 6. The van der Waals surface area contributed by atoms with Gasteiger partial charge in [-0.3, -0.25) is 9.59 Å². The van der Waals surface area contributed by atoms with E-state index in [9.17, 15) is 14.0 Å². The Bertz CT molecular complexity index is 1360. The number of halogens is 2. The summed E-state index contributed by atoms with van der Waals surface area (Å²) < 4.78 is 30.5. The Hall–Kier alpha value is -4.07. The molecule has 0 bridgehead atoms. The fourth-order valence-corrected chi connectivity index (χ4v) is 3.96. The van der Waals surface area contributed by atoms with Crippen LogP contribution in [0.1, 0.15) is 29.3 Å². The molecule has 1 fully saturated rings. The first kappa shape index (κ1) is 24.1. The summed E-state index contributed by atoms with van der Waals surface area (Å²) in [5.41, 5.74) is 2.02. The number of anilines is 3. The van der Waals surface area contributed by atoms with E-state index in [0.717, 1.165) is 6.07 Å². The highest BCUT2D eigenvalue weighted by molar-refractivity contribution is 6.01. The van der Waals surface area contributed by atoms with Gasteiger partial charge in [-0.05, 0) is 30.5 Å². The molecule has 0 unspecified atom stereocenters. The molecule has 11 heteroatoms. The predicted octanol–water partition coefficient (Wildman–Crippen LogP) is 3.33. The Morgan fingerprint density at radius 3 is 2.66 bits per heavy atom. The van der Waals surface area contributed by atoms with E-state index in [1.165, 1.54) is 11.9 Å². The first-order valence-electron chi connectivity index (χ1n) is 11.1. The van der Waals surface area contributed by atoms with Gasteiger partial charge in [0.15, 0.2) is 5.82 Å². The summed E-state index contributed by atoms with van der Waals surface area (Å²) >= 11 is 0. The third-order valence-corrected chi connectivity index (χ3v) is 6.09. The van der Waals surface area contributed by atoms with E-state index < -0.39 is 29.7 Å². The number of aryl methyl sites for hydroxylation is 2. The highest BCUT2D eigenvalue weighted by Gasteiger charge is 2.44. The lowest BCUT2D eigenvalue weighted by Gasteiger charge is -2.24. The van der Waals surface area contributed by atoms with Crippen molar-refractivity contribution in [2.75, 3.05) is 30.9 Å². The van der Waals surface area contributed by atoms with Crippen molar-refractivity contribution in [2.45, 2.75) is 25.9 Å². The Balaban J connectivity index is 1.75. The summed E-state index contributed by atoms with van der Waals surface area (Å²) in [4.78, 5) is 36.5. The maximum Gasteiger partial charge on any atom is 0.254 e. The van der Waals surface area contributed by atoms with Gasteiger partial charge in [-0.2, -0.15) is 5.26 Å². The molecular weight excluding hydrogens is 456 g/mol. The number of carbonyl (C=O) groups excluding carboxylic acids is 2. The molecule has 3 aromatic rings. The monoisotopic (exact) mass is 481 g/mol. The number of alkyl halides is 1. The van der Waals surface area contributed by atoms with Crippen molar-refractivity contribution >= 4 is 40.2 Å². The minimum absolute atomic E-state index is 0.114. The largest absolute Gasteiger partial charge is 0.334 e. The van der Waals surface area contributed by atoms with Crippen LogP contribution >= 0.6 is 0 Å². The summed E-state index contributed by atoms with van der Waals surface area (Å²) in [6, 6.07) is 6.35. The summed E-state index contributed by atoms with van der Waals surface area (Å²) in [5.74, 6) is -1.76. The van der Waals surface area contributed by atoms with Gasteiger partial charge in [0.05, 0.1) is 29.5 Å². The van der Waals surface area contributed by atoms with Gasteiger partial charge in [-0.15, -0.1) is 0 Å². The lowest BCUT2D eigenvalue weighted by Crippen LogP contribution is -2.27. The quantitative estimate of drug-likeness (QED) is 0.519. The Morgan fingerprint density at radius 2 is 2.03 bits per heavy atom. The number of amides is 2. The van der Waals surface area contributed by atoms with E-state index in [4.69, 9.17) is 5.26 Å². The van der Waals surface area contributed by atoms with Gasteiger partial charge in [-0.25, -0.2) is 18.7 Å². The minimum Gasteiger partial charge on any atom is -0.334 e. The van der Waals surface area contributed by atoms with Crippen molar-refractivity contribution in [3.05, 3.63) is 41.5 Å². The molecule has 1 aliphatic carbocycles. The number of hydrogen-bond donors (Lipinski definition) is 1. The molecule has 9 nitrogen and oxygen atoms in total. The van der Waals surface area contributed by atoms with E-state index in [0.29, 0.717) is 28.8 Å². The zero-order valence-corrected chi connectivity index (χ0v) is 19.8. The molecule has 4 rings (SSSR count). The highest BCUT2D eigenvalue weighted by Crippen LogP contribution is 2.37. The van der Waals surface area contributed by atoms with Crippen LogP contribution in [0.15, 0.2) is 24.5 Å². The van der Waals surface area contributed by atoms with Crippen molar-refractivity contribution in [3.8, 4) is 6.07 Å². The number of nitriles is 1. The maximum absolute atomic E-state index is 15.4. The van der Waals surface area contributed by atoms with Gasteiger partial charge in [-0.1, -0.05) is 6.92 Å². The number of nitrogens with zero attached hydrogens (tertiary/aromatic N) is 6. The van der Waals surface area contributed by atoms with Crippen LogP contribution in [-0.4, -0.2) is 58.1 Å². The molecule has 35 heavy (non-hydrogen) atoms. The molecule has 0 spiro atoms. The van der Waals surface area contributed by atoms with E-state index in [1.807, 2.05) is 13.0 Å². The maximum atomic E-state index is 15.4. The summed E-state index contributed by atoms with van der Waals surface area (Å²) in [6.07, 6.45) is 1.01. The average molecular weight is 482 g/mol. The fourth-order valence-electron chi connectivity index (χ4n) is 3.96. The highest BCUT2D eigenvalue weighted by atomic mass is 19.1. The number of nitrogens with one attached hydrogen (secondary N) is 1. The molecule has 1 aliphatic rings. The van der Waals surface area contributed by atoms with Crippen LogP contribution in [0.3, 0.4) is 0 Å². The number of imidazole rings is 1. The molecule has 2 aromatic heterocycles. The fraction of sp³-hybridized carbons (Fsp3) is 0.375. The number of carbonyl (C=O) groups is 2. The molecule has 0 saturated heterocycles. The lowest BCUT2D eigenvalue weighted by atomic mass is 10.0. The van der Waals surface area contributed by atoms with Gasteiger partial charge in [0.25, 0.3) is 5.91 Å². The second-order valence-corrected chi connectivity index (χ2v) is 8.60. The molecule has 2 amide bonds. The summed E-state index contributed by atoms with van der Waals surface area (Å²) in [5, 5.41) is 11.5. The van der Waals surface area contributed by atoms with Crippen LogP contribution in [0.25, 0.3) is 11.0 Å². The molecule has 182 valence electrons. The van der Waals surface area contributed by atoms with E-state index in [-0.39, 0.29) is 30.0 Å². The Labute approximate surface area is 201 Å². The number of aromatic nitrogens is 3. The van der Waals surface area contributed by atoms with E-state index >= 15 is 4.39 Å². The zero-order chi connectivity index (χ0) is 25.4. The van der Waals surface area contributed by atoms with Gasteiger partial charge >= 0.3 is 0 Å². The lowest BCUT2D eigenvalue weighted by molar-refractivity contribution is -0.117. The first-order valence-corrected chi connectivity index (χ1v) is 11.1. The van der Waals surface area contributed by atoms with Crippen LogP contribution < -0.4 is 10.2 Å². The Morgan fingerprint density at radius 1 is 1.31 bits per heavy atom. The van der Waals surface area contributed by atoms with Crippen LogP contribution in [0.2, 0.25) is 0 Å². The molecular formula is C24H25F2N7O2. The van der Waals surface area contributed by atoms with Crippen molar-refractivity contribution in [1.82, 2.24) is 19.4 Å². The smallest absolute Gasteiger partial charge is 0.254 e. The van der Waals surface area contributed by atoms with E-state index in [1.54, 1.807) is 42.0 Å². The number of fused-ring (bicyclic) bond motifs is 1. The third kappa shape index (κ3) is 4.51. The van der Waals surface area contributed by atoms with Crippen LogP contribution in [0.5, 0.6) is 0 Å².